The molecule has 1 N–H and O–H groups in total. The molecule has 1 aliphatic rings. The molecule has 45 heavy (non-hydrogen) atoms. The van der Waals surface area contributed by atoms with E-state index in [1.54, 1.807) is 0 Å². The van der Waals surface area contributed by atoms with E-state index in [1.807, 2.05) is 0 Å². The lowest BCUT2D eigenvalue weighted by atomic mass is 9.87. The third-order valence-corrected chi connectivity index (χ3v) is 9.57. The van der Waals surface area contributed by atoms with Crippen LogP contribution in [0, 0.1) is 5.92 Å². The van der Waals surface area contributed by atoms with Gasteiger partial charge in [-0.25, -0.2) is 0 Å². The summed E-state index contributed by atoms with van der Waals surface area (Å²) in [6.07, 6.45) is 46.2. The summed E-state index contributed by atoms with van der Waals surface area (Å²) in [7, 11) is 0. The van der Waals surface area contributed by atoms with Crippen molar-refractivity contribution in [1.82, 2.24) is 10.2 Å². The maximum absolute atomic E-state index is 6.65. The summed E-state index contributed by atoms with van der Waals surface area (Å²) in [6, 6.07) is 0. The first kappa shape index (κ1) is 41.9. The van der Waals surface area contributed by atoms with Crippen LogP contribution in [0.4, 0.5) is 0 Å². The Balaban J connectivity index is 2.69. The van der Waals surface area contributed by atoms with Gasteiger partial charge in [0.2, 0.25) is 0 Å². The average molecular weight is 645 g/mol. The van der Waals surface area contributed by atoms with Crippen molar-refractivity contribution >= 4 is 17.4 Å². The zero-order chi connectivity index (χ0) is 32.5. The highest BCUT2D eigenvalue weighted by Gasteiger charge is 2.23. The van der Waals surface area contributed by atoms with E-state index in [2.05, 4.69) is 67.4 Å². The van der Waals surface area contributed by atoms with Gasteiger partial charge in [0, 0.05) is 6.54 Å². The van der Waals surface area contributed by atoms with Gasteiger partial charge in [0.1, 0.15) is 6.10 Å². The third kappa shape index (κ3) is 26.6. The van der Waals surface area contributed by atoms with E-state index in [-0.39, 0.29) is 6.10 Å². The fourth-order valence-corrected chi connectivity index (χ4v) is 6.65. The summed E-state index contributed by atoms with van der Waals surface area (Å²) in [5.41, 5.74) is 0. The van der Waals surface area contributed by atoms with E-state index in [1.165, 1.54) is 161 Å². The van der Waals surface area contributed by atoms with Gasteiger partial charge >= 0.3 is 0 Å². The monoisotopic (exact) mass is 645 g/mol. The fraction of sp³-hybridized carbons (Fsp3) is 0.829. The molecule has 0 aliphatic carbocycles. The van der Waals surface area contributed by atoms with E-state index < -0.39 is 0 Å². The van der Waals surface area contributed by atoms with Crippen molar-refractivity contribution in [2.45, 2.75) is 187 Å². The van der Waals surface area contributed by atoms with Crippen LogP contribution < -0.4 is 5.32 Å². The third-order valence-electron chi connectivity index (χ3n) is 9.33. The van der Waals surface area contributed by atoms with Crippen molar-refractivity contribution in [3.63, 3.8) is 0 Å². The molecule has 262 valence electrons. The Hall–Kier alpha value is -1.13. The maximum atomic E-state index is 6.65. The maximum Gasteiger partial charge on any atom is 0.256 e. The smallest absolute Gasteiger partial charge is 0.256 e. The summed E-state index contributed by atoms with van der Waals surface area (Å²) in [5.74, 6) is 0.565. The van der Waals surface area contributed by atoms with Crippen molar-refractivity contribution in [1.29, 1.82) is 0 Å². The Morgan fingerprint density at radius 2 is 1.04 bits per heavy atom. The Morgan fingerprint density at radius 3 is 1.51 bits per heavy atom. The molecule has 1 atom stereocenters. The van der Waals surface area contributed by atoms with Crippen LogP contribution in [0.3, 0.4) is 0 Å². The second-order valence-electron chi connectivity index (χ2n) is 13.6. The largest absolute Gasteiger partial charge is 0.467 e. The highest BCUT2D eigenvalue weighted by Crippen LogP contribution is 2.27. The normalized spacial score (nSPS) is 14.9. The summed E-state index contributed by atoms with van der Waals surface area (Å²) < 4.78 is 6.65. The number of nitrogens with zero attached hydrogens (tertiary/aromatic N) is 1. The van der Waals surface area contributed by atoms with E-state index in [0.717, 1.165) is 25.8 Å². The highest BCUT2D eigenvalue weighted by molar-refractivity contribution is 7.80. The van der Waals surface area contributed by atoms with Gasteiger partial charge < -0.3 is 15.0 Å². The molecule has 1 rings (SSSR count). The number of allylic oxidation sites excluding steroid dienone is 6. The molecule has 0 saturated carbocycles. The second-order valence-corrected chi connectivity index (χ2v) is 14.0. The number of likely N-dealkylation sites (tertiary alicyclic amines) is 1. The zero-order valence-electron chi connectivity index (χ0n) is 30.4. The molecule has 0 bridgehead atoms. The minimum absolute atomic E-state index is 0.213. The average Bonchev–Trinajstić information content (AvgIpc) is 3.57. The second kappa shape index (κ2) is 32.8. The van der Waals surface area contributed by atoms with Gasteiger partial charge in [0.25, 0.3) is 5.17 Å². The molecule has 0 radical (unpaired) electrons. The minimum atomic E-state index is 0.213. The Bertz CT molecular complexity index is 701. The Morgan fingerprint density at radius 1 is 0.600 bits per heavy atom. The topological polar surface area (TPSA) is 24.5 Å². The first-order valence-electron chi connectivity index (χ1n) is 19.8. The molecule has 1 fully saturated rings. The predicted octanol–water partition coefficient (Wildman–Crippen LogP) is 12.7. The van der Waals surface area contributed by atoms with Crippen molar-refractivity contribution in [3.8, 4) is 0 Å². The highest BCUT2D eigenvalue weighted by atomic mass is 32.1. The van der Waals surface area contributed by atoms with Crippen molar-refractivity contribution < 1.29 is 4.74 Å². The van der Waals surface area contributed by atoms with Crippen molar-refractivity contribution in [2.75, 3.05) is 26.2 Å². The van der Waals surface area contributed by atoms with Gasteiger partial charge in [0.05, 0.1) is 0 Å². The molecule has 1 saturated heterocycles. The number of thiocarbonyl (C=S) groups is 1. The predicted molar refractivity (Wildman–Crippen MR) is 205 cm³/mol. The summed E-state index contributed by atoms with van der Waals surface area (Å²) in [5, 5.41) is 4.11. The first-order valence-corrected chi connectivity index (χ1v) is 20.2. The van der Waals surface area contributed by atoms with Gasteiger partial charge in [-0.3, -0.25) is 0 Å². The van der Waals surface area contributed by atoms with Gasteiger partial charge in [0.15, 0.2) is 0 Å². The van der Waals surface area contributed by atoms with Gasteiger partial charge in [-0.1, -0.05) is 95.8 Å². The Kier molecular flexibility index (Phi) is 30.5. The van der Waals surface area contributed by atoms with E-state index >= 15 is 0 Å². The molecule has 0 aromatic heterocycles. The molecular weight excluding hydrogens is 569 g/mol. The van der Waals surface area contributed by atoms with Crippen LogP contribution in [0.25, 0.3) is 0 Å². The summed E-state index contributed by atoms with van der Waals surface area (Å²) >= 11 is 5.80. The summed E-state index contributed by atoms with van der Waals surface area (Å²) in [4.78, 5) is 2.61. The Labute approximate surface area is 287 Å². The van der Waals surface area contributed by atoms with Gasteiger partial charge in [-0.15, -0.1) is 0 Å². The SMILES string of the molecule is CCCCC/C=C\CCCC(CCC/C=C\CCCCC)C(CCC/C=C\CCCCC)OC(=S)NCCCCN1CCCC1. The lowest BCUT2D eigenvalue weighted by molar-refractivity contribution is 0.0956. The number of unbranched alkanes of at least 4 members (excludes halogenated alkanes) is 13. The number of rotatable bonds is 31. The fourth-order valence-electron chi connectivity index (χ4n) is 6.42. The lowest BCUT2D eigenvalue weighted by Gasteiger charge is -2.28. The van der Waals surface area contributed by atoms with Gasteiger partial charge in [-0.05, 0) is 160 Å². The molecule has 3 nitrogen and oxygen atoms in total. The molecule has 1 unspecified atom stereocenters. The molecule has 4 heteroatoms. The molecule has 0 spiro atoms. The van der Waals surface area contributed by atoms with Crippen molar-refractivity contribution in [3.05, 3.63) is 36.5 Å². The number of ether oxygens (including phenoxy) is 1. The van der Waals surface area contributed by atoms with Crippen LogP contribution in [-0.4, -0.2) is 42.4 Å². The lowest BCUT2D eigenvalue weighted by Crippen LogP contribution is -2.34. The summed E-state index contributed by atoms with van der Waals surface area (Å²) in [6.45, 7) is 11.6. The minimum Gasteiger partial charge on any atom is -0.467 e. The molecule has 1 aliphatic heterocycles. The molecule has 0 aromatic rings. The van der Waals surface area contributed by atoms with Gasteiger partial charge in [-0.2, -0.15) is 0 Å². The van der Waals surface area contributed by atoms with Crippen LogP contribution in [0.1, 0.15) is 181 Å². The number of nitrogens with one attached hydrogen (secondary N) is 1. The first-order chi connectivity index (χ1) is 22.2. The van der Waals surface area contributed by atoms with E-state index in [9.17, 15) is 0 Å². The number of hydrogen-bond acceptors (Lipinski definition) is 3. The van der Waals surface area contributed by atoms with Crippen LogP contribution >= 0.6 is 12.2 Å². The standard InChI is InChI=1S/C41H76N2OS/c1-4-7-10-13-16-19-22-25-32-39(33-26-23-20-17-14-11-8-5-2)40(34-27-24-21-18-15-12-9-6-3)44-41(45)42-35-28-29-36-43-37-30-31-38-43/h16-21,39-40H,4-15,22-38H2,1-3H3,(H,42,45)/b19-16-,20-17-,21-18-. The van der Waals surface area contributed by atoms with Crippen LogP contribution in [-0.2, 0) is 4.74 Å². The van der Waals surface area contributed by atoms with Crippen LogP contribution in [0.2, 0.25) is 0 Å². The molecule has 1 heterocycles. The molecule has 0 aromatic carbocycles. The van der Waals surface area contributed by atoms with Crippen molar-refractivity contribution in [2.24, 2.45) is 5.92 Å². The van der Waals surface area contributed by atoms with E-state index in [0.29, 0.717) is 11.1 Å². The van der Waals surface area contributed by atoms with E-state index in [4.69, 9.17) is 17.0 Å². The van der Waals surface area contributed by atoms with Crippen LogP contribution in [0.5, 0.6) is 0 Å². The molecule has 0 amide bonds. The quantitative estimate of drug-likeness (QED) is 0.0461. The number of hydrogen-bond donors (Lipinski definition) is 1. The molecular formula is C41H76N2OS. The van der Waals surface area contributed by atoms with Crippen LogP contribution in [0.15, 0.2) is 36.5 Å². The zero-order valence-corrected chi connectivity index (χ0v) is 31.2.